The fraction of sp³-hybridized carbons (Fsp3) is 0.250. The van der Waals surface area contributed by atoms with E-state index in [4.69, 9.17) is 4.52 Å². The van der Waals surface area contributed by atoms with Gasteiger partial charge in [0, 0.05) is 25.1 Å². The summed E-state index contributed by atoms with van der Waals surface area (Å²) in [5.74, 6) is -0.218. The van der Waals surface area contributed by atoms with Crippen LogP contribution in [0.2, 0.25) is 0 Å². The predicted molar refractivity (Wildman–Crippen MR) is 62.9 cm³/mol. The van der Waals surface area contributed by atoms with E-state index in [1.165, 1.54) is 6.92 Å². The molecule has 1 heterocycles. The standard InChI is InChI=1S/C12H12N2O3/c1-3-10(16)12-9-5-4-8(13-7(2)15)6-11(9)17-14-12/h4-6H,3H2,1-2H3,(H,13,15). The predicted octanol–water partition coefficient (Wildman–Crippen LogP) is 2.38. The van der Waals surface area contributed by atoms with E-state index in [2.05, 4.69) is 10.5 Å². The Morgan fingerprint density at radius 2 is 2.18 bits per heavy atom. The zero-order valence-electron chi connectivity index (χ0n) is 9.61. The summed E-state index contributed by atoms with van der Waals surface area (Å²) in [5, 5.41) is 7.06. The maximum absolute atomic E-state index is 11.6. The SMILES string of the molecule is CCC(=O)c1noc2cc(NC(C)=O)ccc12. The summed E-state index contributed by atoms with van der Waals surface area (Å²) < 4.78 is 5.07. The van der Waals surface area contributed by atoms with Crippen molar-refractivity contribution < 1.29 is 14.1 Å². The third kappa shape index (κ3) is 2.18. The molecular weight excluding hydrogens is 220 g/mol. The average Bonchev–Trinajstić information content (AvgIpc) is 2.70. The van der Waals surface area contributed by atoms with Crippen molar-refractivity contribution >= 4 is 28.3 Å². The molecule has 0 saturated carbocycles. The minimum absolute atomic E-state index is 0.0592. The van der Waals surface area contributed by atoms with Gasteiger partial charge in [-0.25, -0.2) is 0 Å². The molecule has 1 N–H and O–H groups in total. The average molecular weight is 232 g/mol. The molecule has 0 aliphatic carbocycles. The van der Waals surface area contributed by atoms with E-state index >= 15 is 0 Å². The van der Waals surface area contributed by atoms with E-state index in [9.17, 15) is 9.59 Å². The molecular formula is C12H12N2O3. The van der Waals surface area contributed by atoms with E-state index in [1.807, 2.05) is 0 Å². The highest BCUT2D eigenvalue weighted by molar-refractivity contribution is 6.05. The largest absolute Gasteiger partial charge is 0.355 e. The van der Waals surface area contributed by atoms with Gasteiger partial charge in [-0.3, -0.25) is 9.59 Å². The molecule has 0 saturated heterocycles. The molecule has 0 aliphatic heterocycles. The van der Waals surface area contributed by atoms with Crippen molar-refractivity contribution in [2.24, 2.45) is 0 Å². The molecule has 5 nitrogen and oxygen atoms in total. The Bertz CT molecular complexity index is 586. The number of carbonyl (C=O) groups is 2. The fourth-order valence-electron chi connectivity index (χ4n) is 1.59. The van der Waals surface area contributed by atoms with Crippen LogP contribution in [0.15, 0.2) is 22.7 Å². The second kappa shape index (κ2) is 4.37. The van der Waals surface area contributed by atoms with Gasteiger partial charge >= 0.3 is 0 Å². The molecule has 88 valence electrons. The number of hydrogen-bond acceptors (Lipinski definition) is 4. The number of ketones is 1. The number of nitrogens with one attached hydrogen (secondary N) is 1. The number of aromatic nitrogens is 1. The van der Waals surface area contributed by atoms with Crippen LogP contribution in [0, 0.1) is 0 Å². The van der Waals surface area contributed by atoms with Gasteiger partial charge in [-0.2, -0.15) is 0 Å². The fourth-order valence-corrected chi connectivity index (χ4v) is 1.59. The second-order valence-electron chi connectivity index (χ2n) is 3.70. The summed E-state index contributed by atoms with van der Waals surface area (Å²) in [7, 11) is 0. The Hall–Kier alpha value is -2.17. The van der Waals surface area contributed by atoms with E-state index in [-0.39, 0.29) is 11.7 Å². The summed E-state index contributed by atoms with van der Waals surface area (Å²) >= 11 is 0. The van der Waals surface area contributed by atoms with Crippen LogP contribution in [-0.4, -0.2) is 16.8 Å². The first kappa shape index (κ1) is 11.3. The molecule has 0 atom stereocenters. The van der Waals surface area contributed by atoms with Crippen LogP contribution in [-0.2, 0) is 4.79 Å². The lowest BCUT2D eigenvalue weighted by molar-refractivity contribution is -0.114. The summed E-state index contributed by atoms with van der Waals surface area (Å²) in [6.07, 6.45) is 0.384. The maximum Gasteiger partial charge on any atom is 0.221 e. The highest BCUT2D eigenvalue weighted by atomic mass is 16.5. The molecule has 17 heavy (non-hydrogen) atoms. The first-order valence-electron chi connectivity index (χ1n) is 5.32. The van der Waals surface area contributed by atoms with Crippen LogP contribution in [0.5, 0.6) is 0 Å². The Labute approximate surface area is 97.8 Å². The monoisotopic (exact) mass is 232 g/mol. The summed E-state index contributed by atoms with van der Waals surface area (Å²) in [4.78, 5) is 22.5. The normalized spacial score (nSPS) is 10.5. The smallest absolute Gasteiger partial charge is 0.221 e. The Morgan fingerprint density at radius 3 is 2.82 bits per heavy atom. The van der Waals surface area contributed by atoms with Gasteiger partial charge in [-0.1, -0.05) is 12.1 Å². The zero-order valence-corrected chi connectivity index (χ0v) is 9.61. The van der Waals surface area contributed by atoms with E-state index in [1.54, 1.807) is 25.1 Å². The van der Waals surface area contributed by atoms with E-state index in [0.717, 1.165) is 0 Å². The van der Waals surface area contributed by atoms with Gasteiger partial charge in [0.05, 0.1) is 5.39 Å². The second-order valence-corrected chi connectivity index (χ2v) is 3.70. The number of benzene rings is 1. The van der Waals surface area contributed by atoms with E-state index < -0.39 is 0 Å². The number of nitrogens with zero attached hydrogens (tertiary/aromatic N) is 1. The third-order valence-corrected chi connectivity index (χ3v) is 2.38. The van der Waals surface area contributed by atoms with Crippen LogP contribution in [0.1, 0.15) is 30.8 Å². The van der Waals surface area contributed by atoms with Gasteiger partial charge in [-0.05, 0) is 12.1 Å². The lowest BCUT2D eigenvalue weighted by Gasteiger charge is -2.00. The maximum atomic E-state index is 11.6. The van der Waals surface area contributed by atoms with Crippen LogP contribution < -0.4 is 5.32 Å². The molecule has 0 fully saturated rings. The Balaban J connectivity index is 2.44. The molecule has 1 amide bonds. The zero-order chi connectivity index (χ0) is 12.4. The van der Waals surface area contributed by atoms with Gasteiger partial charge in [0.2, 0.25) is 5.91 Å². The number of fused-ring (bicyclic) bond motifs is 1. The van der Waals surface area contributed by atoms with Crippen LogP contribution >= 0.6 is 0 Å². The Kier molecular flexibility index (Phi) is 2.91. The number of anilines is 1. The number of carbonyl (C=O) groups excluding carboxylic acids is 2. The molecule has 0 unspecified atom stereocenters. The highest BCUT2D eigenvalue weighted by Gasteiger charge is 2.14. The van der Waals surface area contributed by atoms with Gasteiger partial charge in [0.1, 0.15) is 0 Å². The first-order valence-corrected chi connectivity index (χ1v) is 5.32. The Morgan fingerprint density at radius 1 is 1.41 bits per heavy atom. The minimum atomic E-state index is -0.159. The van der Waals surface area contributed by atoms with Crippen molar-refractivity contribution in [2.75, 3.05) is 5.32 Å². The van der Waals surface area contributed by atoms with Gasteiger partial charge < -0.3 is 9.84 Å². The van der Waals surface area contributed by atoms with E-state index in [0.29, 0.717) is 28.8 Å². The van der Waals surface area contributed by atoms with Crippen LogP contribution in [0.3, 0.4) is 0 Å². The third-order valence-electron chi connectivity index (χ3n) is 2.38. The van der Waals surface area contributed by atoms with Crippen molar-refractivity contribution in [3.8, 4) is 0 Å². The molecule has 2 rings (SSSR count). The summed E-state index contributed by atoms with van der Waals surface area (Å²) in [6.45, 7) is 3.20. The summed E-state index contributed by atoms with van der Waals surface area (Å²) in [5.41, 5.74) is 1.46. The van der Waals surface area contributed by atoms with Crippen LogP contribution in [0.25, 0.3) is 11.0 Å². The van der Waals surface area contributed by atoms with Gasteiger partial charge in [0.25, 0.3) is 0 Å². The lowest BCUT2D eigenvalue weighted by Crippen LogP contribution is -2.05. The van der Waals surface area contributed by atoms with Gasteiger partial charge in [-0.15, -0.1) is 0 Å². The quantitative estimate of drug-likeness (QED) is 0.824. The molecule has 2 aromatic rings. The minimum Gasteiger partial charge on any atom is -0.355 e. The number of hydrogen-bond donors (Lipinski definition) is 1. The van der Waals surface area contributed by atoms with Crippen molar-refractivity contribution in [1.82, 2.24) is 5.16 Å². The highest BCUT2D eigenvalue weighted by Crippen LogP contribution is 2.23. The van der Waals surface area contributed by atoms with Crippen molar-refractivity contribution in [3.05, 3.63) is 23.9 Å². The van der Waals surface area contributed by atoms with Crippen molar-refractivity contribution in [3.63, 3.8) is 0 Å². The first-order chi connectivity index (χ1) is 8.11. The molecule has 1 aromatic heterocycles. The topological polar surface area (TPSA) is 72.2 Å². The number of Topliss-reactive ketones (excluding diaryl/α,β-unsaturated/α-hetero) is 1. The molecule has 1 aromatic carbocycles. The molecule has 0 bridgehead atoms. The molecule has 0 spiro atoms. The van der Waals surface area contributed by atoms with Crippen LogP contribution in [0.4, 0.5) is 5.69 Å². The summed E-state index contributed by atoms with van der Waals surface area (Å²) in [6, 6.07) is 5.09. The van der Waals surface area contributed by atoms with Crippen molar-refractivity contribution in [2.45, 2.75) is 20.3 Å². The molecule has 0 radical (unpaired) electrons. The lowest BCUT2D eigenvalue weighted by atomic mass is 10.1. The van der Waals surface area contributed by atoms with Crippen molar-refractivity contribution in [1.29, 1.82) is 0 Å². The van der Waals surface area contributed by atoms with Gasteiger partial charge in [0.15, 0.2) is 17.1 Å². The molecule has 0 aliphatic rings. The molecule has 5 heteroatoms. The number of rotatable bonds is 3. The number of amides is 1.